The fraction of sp³-hybridized carbons (Fsp3) is 0.462. The highest BCUT2D eigenvalue weighted by molar-refractivity contribution is 6.16. The number of imidazole rings is 1. The van der Waals surface area contributed by atoms with Crippen LogP contribution in [-0.2, 0) is 12.4 Å². The Kier molecular flexibility index (Phi) is 4.00. The zero-order valence-corrected chi connectivity index (χ0v) is 10.7. The molecule has 0 saturated carbocycles. The van der Waals surface area contributed by atoms with Gasteiger partial charge in [-0.25, -0.2) is 9.37 Å². The smallest absolute Gasteiger partial charge is 0.125 e. The van der Waals surface area contributed by atoms with Gasteiger partial charge >= 0.3 is 0 Å². The molecule has 1 aromatic heterocycles. The van der Waals surface area contributed by atoms with Crippen LogP contribution in [0, 0.1) is 5.82 Å². The molecule has 0 saturated heterocycles. The van der Waals surface area contributed by atoms with E-state index in [0.717, 1.165) is 42.7 Å². The van der Waals surface area contributed by atoms with E-state index in [1.165, 1.54) is 12.1 Å². The summed E-state index contributed by atoms with van der Waals surface area (Å²) in [5, 5.41) is 0. The van der Waals surface area contributed by atoms with Crippen molar-refractivity contribution in [1.29, 1.82) is 0 Å². The Morgan fingerprint density at radius 3 is 2.88 bits per heavy atom. The van der Waals surface area contributed by atoms with Gasteiger partial charge in [-0.2, -0.15) is 0 Å². The van der Waals surface area contributed by atoms with E-state index in [1.807, 2.05) is 4.57 Å². The van der Waals surface area contributed by atoms with E-state index in [0.29, 0.717) is 5.88 Å². The number of hydrogen-bond donors (Lipinski definition) is 0. The lowest BCUT2D eigenvalue weighted by Gasteiger charge is -2.06. The maximum atomic E-state index is 13.2. The molecule has 4 heteroatoms. The van der Waals surface area contributed by atoms with Gasteiger partial charge in [0, 0.05) is 6.54 Å². The molecule has 2 rings (SSSR count). The molecule has 0 aliphatic carbocycles. The molecule has 0 spiro atoms. The molecule has 0 fully saturated rings. The maximum absolute atomic E-state index is 13.2. The summed E-state index contributed by atoms with van der Waals surface area (Å²) < 4.78 is 15.3. The zero-order chi connectivity index (χ0) is 12.3. The Labute approximate surface area is 105 Å². The molecular weight excluding hydrogens is 239 g/mol. The number of aromatic nitrogens is 2. The average molecular weight is 255 g/mol. The number of halogens is 2. The van der Waals surface area contributed by atoms with Gasteiger partial charge in [-0.05, 0) is 24.6 Å². The van der Waals surface area contributed by atoms with Gasteiger partial charge in [0.15, 0.2) is 0 Å². The first-order valence-corrected chi connectivity index (χ1v) is 6.50. The van der Waals surface area contributed by atoms with Crippen LogP contribution in [0.15, 0.2) is 18.2 Å². The summed E-state index contributed by atoms with van der Waals surface area (Å²) in [5.74, 6) is 0.959. The minimum atomic E-state index is -0.227. The zero-order valence-electron chi connectivity index (χ0n) is 9.92. The predicted octanol–water partition coefficient (Wildman–Crippen LogP) is 4.10. The molecule has 2 aromatic rings. The largest absolute Gasteiger partial charge is 0.327 e. The lowest BCUT2D eigenvalue weighted by atomic mass is 10.2. The summed E-state index contributed by atoms with van der Waals surface area (Å²) in [6, 6.07) is 4.67. The summed E-state index contributed by atoms with van der Waals surface area (Å²) in [6.07, 6.45) is 3.40. The summed E-state index contributed by atoms with van der Waals surface area (Å²) in [4.78, 5) is 4.42. The monoisotopic (exact) mass is 254 g/mol. The van der Waals surface area contributed by atoms with Crippen LogP contribution < -0.4 is 0 Å². The van der Waals surface area contributed by atoms with Gasteiger partial charge in [-0.1, -0.05) is 19.8 Å². The molecule has 92 valence electrons. The van der Waals surface area contributed by atoms with Crippen LogP contribution in [0.4, 0.5) is 4.39 Å². The molecule has 2 nitrogen and oxygen atoms in total. The highest BCUT2D eigenvalue weighted by Crippen LogP contribution is 2.19. The van der Waals surface area contributed by atoms with Crippen LogP contribution in [-0.4, -0.2) is 9.55 Å². The first-order chi connectivity index (χ1) is 8.26. The molecule has 17 heavy (non-hydrogen) atoms. The van der Waals surface area contributed by atoms with E-state index in [9.17, 15) is 4.39 Å². The van der Waals surface area contributed by atoms with Crippen LogP contribution in [0.5, 0.6) is 0 Å². The van der Waals surface area contributed by atoms with Gasteiger partial charge in [0.2, 0.25) is 0 Å². The summed E-state index contributed by atoms with van der Waals surface area (Å²) in [5.41, 5.74) is 1.66. The SMILES string of the molecule is CCCCCn1c(CCl)nc2ccc(F)cc21. The normalized spacial score (nSPS) is 11.2. The third-order valence-corrected chi connectivity index (χ3v) is 3.13. The van der Waals surface area contributed by atoms with Crippen LogP contribution in [0.1, 0.15) is 32.0 Å². The van der Waals surface area contributed by atoms with Gasteiger partial charge in [0.05, 0.1) is 16.9 Å². The number of nitrogens with zero attached hydrogens (tertiary/aromatic N) is 2. The summed E-state index contributed by atoms with van der Waals surface area (Å²) in [6.45, 7) is 3.02. The van der Waals surface area contributed by atoms with Gasteiger partial charge in [-0.3, -0.25) is 0 Å². The second-order valence-corrected chi connectivity index (χ2v) is 4.42. The van der Waals surface area contributed by atoms with E-state index in [1.54, 1.807) is 6.07 Å². The average Bonchev–Trinajstić information content (AvgIpc) is 2.67. The van der Waals surface area contributed by atoms with E-state index in [-0.39, 0.29) is 5.82 Å². The second kappa shape index (κ2) is 5.50. The van der Waals surface area contributed by atoms with Gasteiger partial charge in [-0.15, -0.1) is 11.6 Å². The van der Waals surface area contributed by atoms with Crippen LogP contribution in [0.25, 0.3) is 11.0 Å². The van der Waals surface area contributed by atoms with E-state index < -0.39 is 0 Å². The van der Waals surface area contributed by atoms with Crippen molar-refractivity contribution in [1.82, 2.24) is 9.55 Å². The van der Waals surface area contributed by atoms with Crippen molar-refractivity contribution in [2.45, 2.75) is 38.6 Å². The predicted molar refractivity (Wildman–Crippen MR) is 68.8 cm³/mol. The van der Waals surface area contributed by atoms with E-state index >= 15 is 0 Å². The Bertz CT molecular complexity index is 507. The fourth-order valence-electron chi connectivity index (χ4n) is 2.02. The highest BCUT2D eigenvalue weighted by atomic mass is 35.5. The molecule has 0 bridgehead atoms. The molecule has 0 N–H and O–H groups in total. The van der Waals surface area contributed by atoms with Crippen molar-refractivity contribution in [2.75, 3.05) is 0 Å². The molecule has 0 amide bonds. The third kappa shape index (κ3) is 2.60. The number of rotatable bonds is 5. The molecule has 1 heterocycles. The quantitative estimate of drug-likeness (QED) is 0.580. The second-order valence-electron chi connectivity index (χ2n) is 4.15. The van der Waals surface area contributed by atoms with Crippen LogP contribution >= 0.6 is 11.6 Å². The van der Waals surface area contributed by atoms with E-state index in [2.05, 4.69) is 11.9 Å². The minimum absolute atomic E-state index is 0.227. The number of unbranched alkanes of at least 4 members (excludes halogenated alkanes) is 2. The lowest BCUT2D eigenvalue weighted by Crippen LogP contribution is -2.02. The number of alkyl halides is 1. The van der Waals surface area contributed by atoms with Crippen molar-refractivity contribution in [3.8, 4) is 0 Å². The van der Waals surface area contributed by atoms with Crippen molar-refractivity contribution in [2.24, 2.45) is 0 Å². The van der Waals surface area contributed by atoms with Gasteiger partial charge in [0.25, 0.3) is 0 Å². The Balaban J connectivity index is 2.38. The van der Waals surface area contributed by atoms with Crippen molar-refractivity contribution >= 4 is 22.6 Å². The maximum Gasteiger partial charge on any atom is 0.125 e. The first kappa shape index (κ1) is 12.4. The number of benzene rings is 1. The first-order valence-electron chi connectivity index (χ1n) is 5.97. The topological polar surface area (TPSA) is 17.8 Å². The third-order valence-electron chi connectivity index (χ3n) is 2.89. The molecule has 0 atom stereocenters. The molecule has 0 radical (unpaired) electrons. The fourth-order valence-corrected chi connectivity index (χ4v) is 2.22. The summed E-state index contributed by atoms with van der Waals surface area (Å²) in [7, 11) is 0. The van der Waals surface area contributed by atoms with Crippen molar-refractivity contribution in [3.63, 3.8) is 0 Å². The van der Waals surface area contributed by atoms with Crippen molar-refractivity contribution < 1.29 is 4.39 Å². The number of aryl methyl sites for hydroxylation is 1. The van der Waals surface area contributed by atoms with E-state index in [4.69, 9.17) is 11.6 Å². The Morgan fingerprint density at radius 2 is 2.18 bits per heavy atom. The molecule has 0 unspecified atom stereocenters. The minimum Gasteiger partial charge on any atom is -0.327 e. The standard InChI is InChI=1S/C13H16ClFN2/c1-2-3-4-7-17-12-8-10(15)5-6-11(12)16-13(17)9-14/h5-6,8H,2-4,7,9H2,1H3. The highest BCUT2D eigenvalue weighted by Gasteiger charge is 2.10. The molecule has 0 aliphatic rings. The lowest BCUT2D eigenvalue weighted by molar-refractivity contribution is 0.596. The van der Waals surface area contributed by atoms with Crippen molar-refractivity contribution in [3.05, 3.63) is 29.8 Å². The Morgan fingerprint density at radius 1 is 1.35 bits per heavy atom. The van der Waals surface area contributed by atoms with Gasteiger partial charge < -0.3 is 4.57 Å². The number of hydrogen-bond acceptors (Lipinski definition) is 1. The van der Waals surface area contributed by atoms with Crippen LogP contribution in [0.2, 0.25) is 0 Å². The molecular formula is C13H16ClFN2. The van der Waals surface area contributed by atoms with Gasteiger partial charge in [0.1, 0.15) is 11.6 Å². The molecule has 0 aliphatic heterocycles. The Hall–Kier alpha value is -1.09. The molecule has 1 aromatic carbocycles. The summed E-state index contributed by atoms with van der Waals surface area (Å²) >= 11 is 5.88. The number of fused-ring (bicyclic) bond motifs is 1. The van der Waals surface area contributed by atoms with Crippen LogP contribution in [0.3, 0.4) is 0 Å².